The van der Waals surface area contributed by atoms with Gasteiger partial charge >= 0.3 is 18.1 Å². The van der Waals surface area contributed by atoms with Gasteiger partial charge in [0.2, 0.25) is 0 Å². The number of rotatable bonds is 3. The molecule has 0 fully saturated rings. The summed E-state index contributed by atoms with van der Waals surface area (Å²) >= 11 is 1.97. The van der Waals surface area contributed by atoms with Crippen molar-refractivity contribution in [3.8, 4) is 0 Å². The molecule has 10 heteroatoms. The summed E-state index contributed by atoms with van der Waals surface area (Å²) < 4.78 is 41.0. The van der Waals surface area contributed by atoms with Crippen LogP contribution in [0.25, 0.3) is 0 Å². The molecule has 0 radical (unpaired) electrons. The van der Waals surface area contributed by atoms with Gasteiger partial charge in [-0.25, -0.2) is 9.78 Å². The van der Waals surface area contributed by atoms with Crippen molar-refractivity contribution in [3.63, 3.8) is 0 Å². The number of alkyl halides is 3. The zero-order valence-corrected chi connectivity index (χ0v) is 10.8. The van der Waals surface area contributed by atoms with Crippen LogP contribution in [0.5, 0.6) is 0 Å². The molecule has 1 aromatic heterocycles. The van der Waals surface area contributed by atoms with E-state index in [0.717, 1.165) is 30.2 Å². The number of nitrogens with zero attached hydrogens (tertiary/aromatic N) is 1. The molecular weight excluding hydrogens is 293 g/mol. The highest BCUT2D eigenvalue weighted by Gasteiger charge is 2.40. The number of thioether (sulfide) groups is 1. The summed E-state index contributed by atoms with van der Waals surface area (Å²) in [6, 6.07) is 0. The number of halogens is 3. The molecule has 0 atom stereocenters. The number of esters is 1. The molecule has 0 saturated carbocycles. The molecule has 0 spiro atoms. The summed E-state index contributed by atoms with van der Waals surface area (Å²) in [6.07, 6.45) is -3.41. The largest absolute Gasteiger partial charge is 0.471 e. The molecule has 0 unspecified atom stereocenters. The van der Waals surface area contributed by atoms with Crippen LogP contribution < -0.4 is 5.32 Å². The van der Waals surface area contributed by atoms with Gasteiger partial charge in [0.25, 0.3) is 0 Å². The number of carbonyl (C=O) groups excluding carboxylic acids is 2. The van der Waals surface area contributed by atoms with Gasteiger partial charge in [0.15, 0.2) is 15.0 Å². The number of hydrogen-bond acceptors (Lipinski definition) is 6. The lowest BCUT2D eigenvalue weighted by atomic mass is 10.4. The number of anilines is 1. The van der Waals surface area contributed by atoms with E-state index in [1.54, 1.807) is 11.6 Å². The van der Waals surface area contributed by atoms with E-state index in [1.807, 2.05) is 0 Å². The maximum Gasteiger partial charge on any atom is 0.471 e. The van der Waals surface area contributed by atoms with Gasteiger partial charge in [-0.2, -0.15) is 13.2 Å². The Morgan fingerprint density at radius 1 is 1.44 bits per heavy atom. The summed E-state index contributed by atoms with van der Waals surface area (Å²) in [6.45, 7) is 0. The molecule has 100 valence electrons. The quantitative estimate of drug-likeness (QED) is 0.684. The Balaban J connectivity index is 3.04. The normalized spacial score (nSPS) is 11.2. The first-order valence-corrected chi connectivity index (χ1v) is 6.35. The van der Waals surface area contributed by atoms with Gasteiger partial charge < -0.3 is 10.1 Å². The smallest absolute Gasteiger partial charge is 0.465 e. The molecule has 1 N–H and O–H groups in total. The summed E-state index contributed by atoms with van der Waals surface area (Å²) in [5, 5.41) is 1.54. The predicted molar refractivity (Wildman–Crippen MR) is 59.9 cm³/mol. The molecule has 0 saturated heterocycles. The van der Waals surface area contributed by atoms with Gasteiger partial charge in [-0.05, 0) is 6.26 Å². The Morgan fingerprint density at radius 3 is 2.50 bits per heavy atom. The first-order chi connectivity index (χ1) is 8.29. The van der Waals surface area contributed by atoms with Gasteiger partial charge in [0.05, 0.1) is 7.11 Å². The maximum atomic E-state index is 12.1. The van der Waals surface area contributed by atoms with Crippen molar-refractivity contribution in [1.29, 1.82) is 0 Å². The third-order valence-corrected chi connectivity index (χ3v) is 3.66. The monoisotopic (exact) mass is 300 g/mol. The number of aromatic nitrogens is 1. The Kier molecular flexibility index (Phi) is 4.57. The van der Waals surface area contributed by atoms with Crippen molar-refractivity contribution in [1.82, 2.24) is 4.98 Å². The first kappa shape index (κ1) is 14.8. The number of amides is 1. The van der Waals surface area contributed by atoms with Crippen LogP contribution >= 0.6 is 23.1 Å². The van der Waals surface area contributed by atoms with Crippen LogP contribution in [0.1, 0.15) is 9.67 Å². The predicted octanol–water partition coefficient (Wildman–Crippen LogP) is 2.15. The number of carbonyl (C=O) groups is 2. The number of nitrogens with one attached hydrogen (secondary N) is 1. The number of ether oxygens (including phenoxy) is 1. The van der Waals surface area contributed by atoms with E-state index in [-0.39, 0.29) is 4.88 Å². The van der Waals surface area contributed by atoms with Crippen molar-refractivity contribution >= 4 is 40.8 Å². The standard InChI is InChI=1S/C8H7F3N2O3S2/c1-16-5(14)3-4(13-7(17-2)18-3)12-6(15)8(9,10)11/h1-2H3,(H,12,15). The average molecular weight is 300 g/mol. The average Bonchev–Trinajstić information content (AvgIpc) is 2.70. The van der Waals surface area contributed by atoms with Gasteiger partial charge in [-0.15, -0.1) is 0 Å². The lowest BCUT2D eigenvalue weighted by Crippen LogP contribution is -2.30. The molecule has 1 amide bonds. The highest BCUT2D eigenvalue weighted by Crippen LogP contribution is 2.30. The Hall–Kier alpha value is -1.29. The minimum absolute atomic E-state index is 0.181. The Labute approximate surface area is 108 Å². The fourth-order valence-corrected chi connectivity index (χ4v) is 2.32. The van der Waals surface area contributed by atoms with Crippen LogP contribution in [-0.2, 0) is 9.53 Å². The van der Waals surface area contributed by atoms with Crippen LogP contribution in [0.4, 0.5) is 19.0 Å². The second-order valence-electron chi connectivity index (χ2n) is 2.81. The van der Waals surface area contributed by atoms with E-state index in [0.29, 0.717) is 4.34 Å². The minimum atomic E-state index is -5.05. The maximum absolute atomic E-state index is 12.1. The lowest BCUT2D eigenvalue weighted by molar-refractivity contribution is -0.167. The van der Waals surface area contributed by atoms with E-state index >= 15 is 0 Å². The van der Waals surface area contributed by atoms with Crippen LogP contribution in [0.3, 0.4) is 0 Å². The molecule has 5 nitrogen and oxygen atoms in total. The van der Waals surface area contributed by atoms with Gasteiger partial charge in [0.1, 0.15) is 0 Å². The summed E-state index contributed by atoms with van der Waals surface area (Å²) in [5.74, 6) is -3.49. The van der Waals surface area contributed by atoms with E-state index in [2.05, 4.69) is 9.72 Å². The molecule has 0 aliphatic carbocycles. The van der Waals surface area contributed by atoms with Gasteiger partial charge in [0, 0.05) is 0 Å². The summed E-state index contributed by atoms with van der Waals surface area (Å²) in [4.78, 5) is 25.6. The zero-order chi connectivity index (χ0) is 13.9. The first-order valence-electron chi connectivity index (χ1n) is 4.31. The lowest BCUT2D eigenvalue weighted by Gasteiger charge is -2.06. The molecule has 0 aliphatic heterocycles. The van der Waals surface area contributed by atoms with Crippen LogP contribution in [-0.4, -0.2) is 36.4 Å². The fraction of sp³-hybridized carbons (Fsp3) is 0.375. The zero-order valence-electron chi connectivity index (χ0n) is 9.12. The van der Waals surface area contributed by atoms with E-state index in [9.17, 15) is 22.8 Å². The van der Waals surface area contributed by atoms with E-state index in [1.165, 1.54) is 0 Å². The molecule has 1 heterocycles. The molecule has 0 aliphatic rings. The number of thiazole rings is 1. The topological polar surface area (TPSA) is 68.3 Å². The Bertz CT molecular complexity index is 473. The van der Waals surface area contributed by atoms with Crippen molar-refractivity contribution in [2.24, 2.45) is 0 Å². The van der Waals surface area contributed by atoms with Crippen molar-refractivity contribution in [3.05, 3.63) is 4.88 Å². The second kappa shape index (κ2) is 5.57. The van der Waals surface area contributed by atoms with E-state index < -0.39 is 23.9 Å². The minimum Gasteiger partial charge on any atom is -0.465 e. The fourth-order valence-electron chi connectivity index (χ4n) is 0.882. The summed E-state index contributed by atoms with van der Waals surface area (Å²) in [7, 11) is 1.08. The molecule has 0 bridgehead atoms. The molecule has 1 rings (SSSR count). The highest BCUT2D eigenvalue weighted by atomic mass is 32.2. The Morgan fingerprint density at radius 2 is 2.06 bits per heavy atom. The van der Waals surface area contributed by atoms with Crippen LogP contribution in [0, 0.1) is 0 Å². The van der Waals surface area contributed by atoms with Crippen molar-refractivity contribution in [2.75, 3.05) is 18.7 Å². The van der Waals surface area contributed by atoms with E-state index in [4.69, 9.17) is 0 Å². The summed E-state index contributed by atoms with van der Waals surface area (Å²) in [5.41, 5.74) is 0. The third-order valence-electron chi connectivity index (χ3n) is 1.64. The number of hydrogen-bond donors (Lipinski definition) is 1. The second-order valence-corrected chi connectivity index (χ2v) is 4.86. The van der Waals surface area contributed by atoms with Crippen molar-refractivity contribution < 1.29 is 27.5 Å². The molecule has 1 aromatic rings. The third kappa shape index (κ3) is 3.35. The van der Waals surface area contributed by atoms with Gasteiger partial charge in [-0.3, -0.25) is 4.79 Å². The molecule has 18 heavy (non-hydrogen) atoms. The van der Waals surface area contributed by atoms with Crippen LogP contribution in [0.2, 0.25) is 0 Å². The molecular formula is C8H7F3N2O3S2. The van der Waals surface area contributed by atoms with Crippen LogP contribution in [0.15, 0.2) is 4.34 Å². The number of methoxy groups -OCH3 is 1. The molecule has 0 aromatic carbocycles. The van der Waals surface area contributed by atoms with Gasteiger partial charge in [-0.1, -0.05) is 23.1 Å². The van der Waals surface area contributed by atoms with Crippen molar-refractivity contribution in [2.45, 2.75) is 10.5 Å². The highest BCUT2D eigenvalue weighted by molar-refractivity contribution is 8.00. The SMILES string of the molecule is COC(=O)c1sc(SC)nc1NC(=O)C(F)(F)F.